The van der Waals surface area contributed by atoms with Gasteiger partial charge in [-0.2, -0.15) is 0 Å². The maximum absolute atomic E-state index is 12.1. The fraction of sp³-hybridized carbons (Fsp3) is 0.0526. The molecule has 130 valence electrons. The molecule has 3 aromatic rings. The van der Waals surface area contributed by atoms with Crippen LogP contribution in [-0.2, 0) is 0 Å². The van der Waals surface area contributed by atoms with E-state index in [2.05, 4.69) is 20.6 Å². The fourth-order valence-electron chi connectivity index (χ4n) is 2.13. The first-order valence-electron chi connectivity index (χ1n) is 7.85. The minimum absolute atomic E-state index is 0.192. The Labute approximate surface area is 156 Å². The van der Waals surface area contributed by atoms with E-state index in [9.17, 15) is 4.79 Å². The molecule has 0 aliphatic rings. The number of anilines is 1. The summed E-state index contributed by atoms with van der Waals surface area (Å²) in [5.74, 6) is 0.806. The third kappa shape index (κ3) is 4.61. The summed E-state index contributed by atoms with van der Waals surface area (Å²) in [6.07, 6.45) is 3.27. The summed E-state index contributed by atoms with van der Waals surface area (Å²) >= 11 is 5.16. The van der Waals surface area contributed by atoms with E-state index < -0.39 is 0 Å². The second-order valence-corrected chi connectivity index (χ2v) is 5.76. The largest absolute Gasteiger partial charge is 0.437 e. The van der Waals surface area contributed by atoms with Crippen LogP contribution in [0.1, 0.15) is 16.1 Å². The number of amides is 1. The summed E-state index contributed by atoms with van der Waals surface area (Å²) in [4.78, 5) is 20.4. The first kappa shape index (κ1) is 17.5. The lowest BCUT2D eigenvalue weighted by Gasteiger charge is -2.10. The molecule has 7 heteroatoms. The molecular weight excluding hydrogens is 348 g/mol. The van der Waals surface area contributed by atoms with E-state index in [0.29, 0.717) is 22.9 Å². The molecule has 26 heavy (non-hydrogen) atoms. The van der Waals surface area contributed by atoms with E-state index in [1.807, 2.05) is 19.1 Å². The second-order valence-electron chi connectivity index (χ2n) is 5.35. The van der Waals surface area contributed by atoms with Gasteiger partial charge in [0.25, 0.3) is 5.91 Å². The lowest BCUT2D eigenvalue weighted by Crippen LogP contribution is -2.34. The zero-order valence-corrected chi connectivity index (χ0v) is 14.8. The number of rotatable bonds is 4. The van der Waals surface area contributed by atoms with Crippen molar-refractivity contribution in [2.24, 2.45) is 0 Å². The summed E-state index contributed by atoms with van der Waals surface area (Å²) in [5, 5.41) is 5.73. The summed E-state index contributed by atoms with van der Waals surface area (Å²) < 4.78 is 5.69. The Kier molecular flexibility index (Phi) is 5.50. The van der Waals surface area contributed by atoms with Gasteiger partial charge in [-0.05, 0) is 49.5 Å². The molecule has 2 N–H and O–H groups in total. The van der Waals surface area contributed by atoms with Crippen molar-refractivity contribution < 1.29 is 9.53 Å². The molecule has 0 saturated heterocycles. The van der Waals surface area contributed by atoms with E-state index in [1.54, 1.807) is 54.9 Å². The van der Waals surface area contributed by atoms with E-state index in [0.717, 1.165) is 5.69 Å². The molecule has 0 radical (unpaired) electrons. The zero-order valence-electron chi connectivity index (χ0n) is 14.0. The Bertz CT molecular complexity index is 914. The smallest absolute Gasteiger partial charge is 0.257 e. The van der Waals surface area contributed by atoms with Crippen LogP contribution in [0, 0.1) is 6.92 Å². The van der Waals surface area contributed by atoms with Gasteiger partial charge in [-0.25, -0.2) is 4.98 Å². The lowest BCUT2D eigenvalue weighted by atomic mass is 10.2. The minimum Gasteiger partial charge on any atom is -0.437 e. The molecule has 3 rings (SSSR count). The van der Waals surface area contributed by atoms with E-state index in [-0.39, 0.29) is 11.0 Å². The van der Waals surface area contributed by atoms with Gasteiger partial charge in [0.2, 0.25) is 5.88 Å². The number of hydrogen-bond acceptors (Lipinski definition) is 5. The first-order valence-corrected chi connectivity index (χ1v) is 8.25. The zero-order chi connectivity index (χ0) is 18.4. The van der Waals surface area contributed by atoms with Crippen LogP contribution in [-0.4, -0.2) is 21.0 Å². The molecule has 6 nitrogen and oxygen atoms in total. The van der Waals surface area contributed by atoms with Crippen molar-refractivity contribution in [1.82, 2.24) is 15.3 Å². The Morgan fingerprint density at radius 2 is 1.85 bits per heavy atom. The fourth-order valence-corrected chi connectivity index (χ4v) is 2.34. The van der Waals surface area contributed by atoms with Crippen LogP contribution in [0.25, 0.3) is 0 Å². The normalized spacial score (nSPS) is 10.0. The number of benzene rings is 1. The predicted octanol–water partition coefficient (Wildman–Crippen LogP) is 3.70. The van der Waals surface area contributed by atoms with Crippen molar-refractivity contribution in [3.05, 3.63) is 78.2 Å². The standard InChI is InChI=1S/C19H16N4O2S/c1-13-16(8-5-11-20-13)25-17-10-9-15(12-21-17)22-19(26)23-18(24)14-6-3-2-4-7-14/h2-12H,1H3,(H2,22,23,24,26). The molecule has 2 heterocycles. The molecule has 0 saturated carbocycles. The number of ether oxygens (including phenoxy) is 1. The van der Waals surface area contributed by atoms with Crippen molar-refractivity contribution in [3.63, 3.8) is 0 Å². The van der Waals surface area contributed by atoms with Crippen LogP contribution in [0.4, 0.5) is 5.69 Å². The van der Waals surface area contributed by atoms with E-state index >= 15 is 0 Å². The highest BCUT2D eigenvalue weighted by Crippen LogP contribution is 2.22. The van der Waals surface area contributed by atoms with Gasteiger partial charge in [-0.1, -0.05) is 18.2 Å². The molecule has 0 spiro atoms. The van der Waals surface area contributed by atoms with Crippen LogP contribution in [0.2, 0.25) is 0 Å². The van der Waals surface area contributed by atoms with Gasteiger partial charge in [-0.3, -0.25) is 15.1 Å². The number of carbonyl (C=O) groups is 1. The van der Waals surface area contributed by atoms with Gasteiger partial charge in [0.05, 0.1) is 17.6 Å². The van der Waals surface area contributed by atoms with Gasteiger partial charge in [0.1, 0.15) is 0 Å². The van der Waals surface area contributed by atoms with Crippen LogP contribution in [0.5, 0.6) is 11.6 Å². The van der Waals surface area contributed by atoms with Gasteiger partial charge >= 0.3 is 0 Å². The molecule has 2 aromatic heterocycles. The first-order chi connectivity index (χ1) is 12.6. The number of pyridine rings is 2. The molecule has 0 aliphatic carbocycles. The number of thiocarbonyl (C=S) groups is 1. The maximum Gasteiger partial charge on any atom is 0.257 e. The van der Waals surface area contributed by atoms with Crippen molar-refractivity contribution in [2.45, 2.75) is 6.92 Å². The third-order valence-electron chi connectivity index (χ3n) is 3.43. The predicted molar refractivity (Wildman–Crippen MR) is 103 cm³/mol. The van der Waals surface area contributed by atoms with Crippen LogP contribution >= 0.6 is 12.2 Å². The molecule has 0 aliphatic heterocycles. The number of nitrogens with zero attached hydrogens (tertiary/aromatic N) is 2. The Balaban J connectivity index is 1.58. The van der Waals surface area contributed by atoms with E-state index in [1.165, 1.54) is 0 Å². The van der Waals surface area contributed by atoms with Crippen LogP contribution in [0.3, 0.4) is 0 Å². The van der Waals surface area contributed by atoms with Crippen LogP contribution in [0.15, 0.2) is 67.0 Å². The average Bonchev–Trinajstić information content (AvgIpc) is 2.66. The molecular formula is C19H16N4O2S. The molecule has 1 amide bonds. The number of hydrogen-bond donors (Lipinski definition) is 2. The molecule has 0 atom stereocenters. The molecule has 1 aromatic carbocycles. The highest BCUT2D eigenvalue weighted by molar-refractivity contribution is 7.80. The quantitative estimate of drug-likeness (QED) is 0.688. The van der Waals surface area contributed by atoms with Crippen molar-refractivity contribution in [1.29, 1.82) is 0 Å². The number of aromatic nitrogens is 2. The highest BCUT2D eigenvalue weighted by Gasteiger charge is 2.08. The second kappa shape index (κ2) is 8.17. The van der Waals surface area contributed by atoms with Gasteiger partial charge < -0.3 is 10.1 Å². The maximum atomic E-state index is 12.1. The Morgan fingerprint density at radius 3 is 2.54 bits per heavy atom. The summed E-state index contributed by atoms with van der Waals surface area (Å²) in [6.45, 7) is 1.86. The SMILES string of the molecule is Cc1ncccc1Oc1ccc(NC(=S)NC(=O)c2ccccc2)cn1. The molecule has 0 unspecified atom stereocenters. The average molecular weight is 364 g/mol. The third-order valence-corrected chi connectivity index (χ3v) is 3.63. The minimum atomic E-state index is -0.275. The molecule has 0 bridgehead atoms. The highest BCUT2D eigenvalue weighted by atomic mass is 32.1. The van der Waals surface area contributed by atoms with Crippen molar-refractivity contribution >= 4 is 28.9 Å². The van der Waals surface area contributed by atoms with E-state index in [4.69, 9.17) is 17.0 Å². The van der Waals surface area contributed by atoms with Crippen molar-refractivity contribution in [2.75, 3.05) is 5.32 Å². The molecule has 0 fully saturated rings. The van der Waals surface area contributed by atoms with Gasteiger partial charge in [-0.15, -0.1) is 0 Å². The van der Waals surface area contributed by atoms with Gasteiger partial charge in [0, 0.05) is 17.8 Å². The van der Waals surface area contributed by atoms with Crippen LogP contribution < -0.4 is 15.4 Å². The number of carbonyl (C=O) groups excluding carboxylic acids is 1. The Hall–Kier alpha value is -3.32. The topological polar surface area (TPSA) is 76.1 Å². The number of aryl methyl sites for hydroxylation is 1. The summed E-state index contributed by atoms with van der Waals surface area (Å²) in [5.41, 5.74) is 1.95. The number of nitrogens with one attached hydrogen (secondary N) is 2. The van der Waals surface area contributed by atoms with Gasteiger partial charge in [0.15, 0.2) is 10.9 Å². The monoisotopic (exact) mass is 364 g/mol. The Morgan fingerprint density at radius 1 is 1.04 bits per heavy atom. The summed E-state index contributed by atoms with van der Waals surface area (Å²) in [6, 6.07) is 15.9. The summed E-state index contributed by atoms with van der Waals surface area (Å²) in [7, 11) is 0. The lowest BCUT2D eigenvalue weighted by molar-refractivity contribution is 0.0977. The van der Waals surface area contributed by atoms with Crippen molar-refractivity contribution in [3.8, 4) is 11.6 Å².